The highest BCUT2D eigenvalue weighted by molar-refractivity contribution is 6.04. The van der Waals surface area contributed by atoms with E-state index in [2.05, 4.69) is 16.8 Å². The number of amides is 1. The molecular formula is C21H33ClN2O4. The van der Waals surface area contributed by atoms with Gasteiger partial charge >= 0.3 is 0 Å². The Balaban J connectivity index is 0.00000136. The van der Waals surface area contributed by atoms with E-state index in [9.17, 15) is 4.79 Å². The summed E-state index contributed by atoms with van der Waals surface area (Å²) in [5.74, 6) is 1.94. The summed E-state index contributed by atoms with van der Waals surface area (Å²) in [6, 6.07) is 7.94. The van der Waals surface area contributed by atoms with Crippen molar-refractivity contribution in [1.82, 2.24) is 9.80 Å². The number of halogens is 1. The van der Waals surface area contributed by atoms with Crippen molar-refractivity contribution >= 4 is 17.8 Å². The van der Waals surface area contributed by atoms with Crippen molar-refractivity contribution in [2.45, 2.75) is 51.6 Å². The molecule has 2 aliphatic heterocycles. The van der Waals surface area contributed by atoms with Crippen molar-refractivity contribution < 1.29 is 18.9 Å². The molecule has 0 spiro atoms. The highest BCUT2D eigenvalue weighted by atomic mass is 35.5. The molecule has 1 aromatic carbocycles. The lowest BCUT2D eigenvalue weighted by Gasteiger charge is -2.31. The number of hydrogen-bond acceptors (Lipinski definition) is 5. The summed E-state index contributed by atoms with van der Waals surface area (Å²) in [5.41, 5.74) is 0. The van der Waals surface area contributed by atoms with Crippen molar-refractivity contribution in [3.05, 3.63) is 24.3 Å². The second-order valence-electron chi connectivity index (χ2n) is 7.40. The molecule has 1 amide bonds. The lowest BCUT2D eigenvalue weighted by molar-refractivity contribution is -0.130. The highest BCUT2D eigenvalue weighted by Gasteiger charge is 2.21. The first-order valence-electron chi connectivity index (χ1n) is 10.2. The van der Waals surface area contributed by atoms with Crippen molar-refractivity contribution in [3.63, 3.8) is 0 Å². The van der Waals surface area contributed by atoms with E-state index >= 15 is 0 Å². The van der Waals surface area contributed by atoms with Gasteiger partial charge in [-0.3, -0.25) is 9.45 Å². The molecule has 0 aromatic heterocycles. The zero-order chi connectivity index (χ0) is 20.2. The number of likely N-dealkylation sites (tertiary alicyclic amines) is 2. The summed E-state index contributed by atoms with van der Waals surface area (Å²) in [4.78, 5) is 15.8. The molecule has 0 unspecified atom stereocenters. The van der Waals surface area contributed by atoms with Gasteiger partial charge in [0.1, 0.15) is 17.6 Å². The Kier molecular flexibility index (Phi) is 10.5. The number of ether oxygens (including phenoxy) is 2. The average molecular weight is 413 g/mol. The fourth-order valence-corrected chi connectivity index (χ4v) is 3.76. The van der Waals surface area contributed by atoms with Gasteiger partial charge in [0.15, 0.2) is 0 Å². The maximum atomic E-state index is 11.4. The third-order valence-electron chi connectivity index (χ3n) is 5.35. The fourth-order valence-electron chi connectivity index (χ4n) is 3.76. The van der Waals surface area contributed by atoms with Crippen LogP contribution in [0.15, 0.2) is 24.3 Å². The predicted molar refractivity (Wildman–Crippen MR) is 111 cm³/mol. The first-order chi connectivity index (χ1) is 13.7. The normalized spacial score (nSPS) is 18.2. The summed E-state index contributed by atoms with van der Waals surface area (Å²) >= 11 is 3.64. The fraction of sp³-hybridized carbons (Fsp3) is 0.667. The Hall–Kier alpha value is -1.50. The third-order valence-corrected chi connectivity index (χ3v) is 5.35. The number of piperidine rings is 2. The minimum Gasteiger partial charge on any atom is -0.494 e. The average Bonchev–Trinajstić information content (AvgIpc) is 2.75. The number of benzene rings is 1. The van der Waals surface area contributed by atoms with E-state index in [0.717, 1.165) is 57.0 Å². The molecule has 1 N–H and O–H groups in total. The van der Waals surface area contributed by atoms with E-state index in [1.165, 1.54) is 32.4 Å². The molecule has 2 aliphatic rings. The molecule has 28 heavy (non-hydrogen) atoms. The van der Waals surface area contributed by atoms with Gasteiger partial charge in [-0.1, -0.05) is 6.42 Å². The van der Waals surface area contributed by atoms with Gasteiger partial charge in [0, 0.05) is 39.4 Å². The van der Waals surface area contributed by atoms with E-state index in [0.29, 0.717) is 0 Å². The molecule has 1 aromatic rings. The SMILES string of the molecule is CC(=O)N1CCC(Oc2ccc(OCCCN3CCCCC3)cc2)CC1.OCl. The van der Waals surface area contributed by atoms with E-state index < -0.39 is 0 Å². The number of carbonyl (C=O) groups excluding carboxylic acids is 1. The van der Waals surface area contributed by atoms with Gasteiger partial charge in [0.2, 0.25) is 5.91 Å². The largest absolute Gasteiger partial charge is 0.494 e. The van der Waals surface area contributed by atoms with E-state index in [1.54, 1.807) is 6.92 Å². The summed E-state index contributed by atoms with van der Waals surface area (Å²) in [6.45, 7) is 7.61. The van der Waals surface area contributed by atoms with Gasteiger partial charge < -0.3 is 19.3 Å². The van der Waals surface area contributed by atoms with Crippen LogP contribution in [0, 0.1) is 0 Å². The molecule has 2 heterocycles. The van der Waals surface area contributed by atoms with Gasteiger partial charge in [-0.2, -0.15) is 0 Å². The zero-order valence-corrected chi connectivity index (χ0v) is 17.6. The Bertz CT molecular complexity index is 556. The summed E-state index contributed by atoms with van der Waals surface area (Å²) in [7, 11) is 0. The molecule has 3 rings (SSSR count). The van der Waals surface area contributed by atoms with Crippen LogP contribution in [0.4, 0.5) is 0 Å². The second-order valence-corrected chi connectivity index (χ2v) is 7.40. The van der Waals surface area contributed by atoms with Crippen LogP contribution in [0.25, 0.3) is 0 Å². The first kappa shape index (κ1) is 22.8. The molecule has 2 saturated heterocycles. The molecule has 2 fully saturated rings. The Morgan fingerprint density at radius 1 is 1.04 bits per heavy atom. The van der Waals surface area contributed by atoms with Crippen LogP contribution in [-0.4, -0.2) is 65.8 Å². The highest BCUT2D eigenvalue weighted by Crippen LogP contribution is 2.22. The van der Waals surface area contributed by atoms with Gasteiger partial charge in [-0.15, -0.1) is 0 Å². The van der Waals surface area contributed by atoms with Gasteiger partial charge in [-0.05, 0) is 56.6 Å². The van der Waals surface area contributed by atoms with Crippen LogP contribution in [0.1, 0.15) is 45.4 Å². The summed E-state index contributed by atoms with van der Waals surface area (Å²) in [5, 5.41) is 0. The monoisotopic (exact) mass is 412 g/mol. The van der Waals surface area contributed by atoms with E-state index in [-0.39, 0.29) is 12.0 Å². The van der Waals surface area contributed by atoms with Crippen LogP contribution in [0.2, 0.25) is 0 Å². The van der Waals surface area contributed by atoms with Crippen molar-refractivity contribution in [1.29, 1.82) is 0 Å². The van der Waals surface area contributed by atoms with Gasteiger partial charge in [0.05, 0.1) is 18.5 Å². The Labute approximate surface area is 173 Å². The molecule has 0 radical (unpaired) electrons. The van der Waals surface area contributed by atoms with Crippen LogP contribution in [0.5, 0.6) is 11.5 Å². The quantitative estimate of drug-likeness (QED) is 0.695. The molecule has 0 bridgehead atoms. The Morgan fingerprint density at radius 3 is 2.25 bits per heavy atom. The number of rotatable bonds is 7. The molecule has 6 nitrogen and oxygen atoms in total. The maximum Gasteiger partial charge on any atom is 0.219 e. The molecule has 0 saturated carbocycles. The molecular weight excluding hydrogens is 380 g/mol. The minimum atomic E-state index is 0.158. The first-order valence-corrected chi connectivity index (χ1v) is 10.6. The lowest BCUT2D eigenvalue weighted by Crippen LogP contribution is -2.40. The molecule has 7 heteroatoms. The number of hydrogen-bond donors (Lipinski definition) is 1. The van der Waals surface area contributed by atoms with Crippen LogP contribution >= 0.6 is 11.9 Å². The lowest BCUT2D eigenvalue weighted by atomic mass is 10.1. The van der Waals surface area contributed by atoms with Crippen LogP contribution < -0.4 is 9.47 Å². The van der Waals surface area contributed by atoms with Crippen molar-refractivity contribution in [2.75, 3.05) is 39.3 Å². The standard InChI is InChI=1S/C21H32N2O3.ClHO/c1-18(24)23-15-10-21(11-16-23)26-20-8-6-19(7-9-20)25-17-5-14-22-12-3-2-4-13-22;1-2/h6-9,21H,2-5,10-17H2,1H3;2H. The van der Waals surface area contributed by atoms with Crippen molar-refractivity contribution in [3.8, 4) is 11.5 Å². The van der Waals surface area contributed by atoms with Crippen LogP contribution in [0.3, 0.4) is 0 Å². The van der Waals surface area contributed by atoms with E-state index in [4.69, 9.17) is 14.1 Å². The molecule has 0 atom stereocenters. The zero-order valence-electron chi connectivity index (χ0n) is 16.8. The maximum absolute atomic E-state index is 11.4. The third kappa shape index (κ3) is 7.86. The van der Waals surface area contributed by atoms with Crippen molar-refractivity contribution in [2.24, 2.45) is 0 Å². The van der Waals surface area contributed by atoms with Gasteiger partial charge in [-0.25, -0.2) is 0 Å². The molecule has 0 aliphatic carbocycles. The number of nitrogens with zero attached hydrogens (tertiary/aromatic N) is 2. The van der Waals surface area contributed by atoms with Crippen LogP contribution in [-0.2, 0) is 4.79 Å². The minimum absolute atomic E-state index is 0.158. The Morgan fingerprint density at radius 2 is 1.64 bits per heavy atom. The smallest absolute Gasteiger partial charge is 0.219 e. The summed E-state index contributed by atoms with van der Waals surface area (Å²) in [6.07, 6.45) is 7.14. The molecule has 158 valence electrons. The number of carbonyl (C=O) groups is 1. The predicted octanol–water partition coefficient (Wildman–Crippen LogP) is 3.46. The second kappa shape index (κ2) is 12.9. The van der Waals surface area contributed by atoms with Gasteiger partial charge in [0.25, 0.3) is 0 Å². The van der Waals surface area contributed by atoms with E-state index in [1.807, 2.05) is 29.2 Å². The summed E-state index contributed by atoms with van der Waals surface area (Å²) < 4.78 is 18.4. The topological polar surface area (TPSA) is 62.2 Å².